The van der Waals surface area contributed by atoms with Gasteiger partial charge in [0.2, 0.25) is 0 Å². The zero-order valence-corrected chi connectivity index (χ0v) is 9.17. The molecule has 86 valence electrons. The van der Waals surface area contributed by atoms with Crippen LogP contribution in [0.25, 0.3) is 0 Å². The summed E-state index contributed by atoms with van der Waals surface area (Å²) < 4.78 is 0. The quantitative estimate of drug-likeness (QED) is 0.745. The van der Waals surface area contributed by atoms with E-state index in [1.54, 1.807) is 6.20 Å². The van der Waals surface area contributed by atoms with Crippen molar-refractivity contribution in [3.05, 3.63) is 24.3 Å². The first-order chi connectivity index (χ1) is 7.77. The topological polar surface area (TPSA) is 72.1 Å². The lowest BCUT2D eigenvalue weighted by molar-refractivity contribution is 0.0755. The number of likely N-dealkylation sites (tertiary alicyclic amines) is 1. The molecule has 2 rings (SSSR count). The Kier molecular flexibility index (Phi) is 3.46. The number of carbonyl (C=O) groups excluding carboxylic acids is 1. The Morgan fingerprint density at radius 2 is 2.25 bits per heavy atom. The molecule has 1 amide bonds. The van der Waals surface area contributed by atoms with E-state index in [9.17, 15) is 4.79 Å². The Bertz CT molecular complexity index is 354. The van der Waals surface area contributed by atoms with Gasteiger partial charge in [-0.3, -0.25) is 9.78 Å². The summed E-state index contributed by atoms with van der Waals surface area (Å²) >= 11 is 0. The molecule has 0 saturated carbocycles. The summed E-state index contributed by atoms with van der Waals surface area (Å²) in [5.41, 5.74) is 6.28. The van der Waals surface area contributed by atoms with Crippen LogP contribution >= 0.6 is 0 Å². The van der Waals surface area contributed by atoms with Gasteiger partial charge in [-0.25, -0.2) is 4.98 Å². The van der Waals surface area contributed by atoms with Gasteiger partial charge in [-0.05, 0) is 19.3 Å². The molecule has 0 aliphatic carbocycles. The van der Waals surface area contributed by atoms with Gasteiger partial charge in [0, 0.05) is 31.5 Å². The molecule has 0 spiro atoms. The molecule has 1 fully saturated rings. The third kappa shape index (κ3) is 2.55. The van der Waals surface area contributed by atoms with Crippen LogP contribution in [0, 0.1) is 0 Å². The van der Waals surface area contributed by atoms with Crippen molar-refractivity contribution in [2.24, 2.45) is 5.73 Å². The maximum Gasteiger partial charge on any atom is 0.274 e. The average Bonchev–Trinajstić information content (AvgIpc) is 2.54. The van der Waals surface area contributed by atoms with Crippen LogP contribution in [0.2, 0.25) is 0 Å². The maximum atomic E-state index is 12.0. The summed E-state index contributed by atoms with van der Waals surface area (Å²) in [4.78, 5) is 21.8. The SMILES string of the molecule is NC1CCCN(C(=O)c2cnccn2)CC1. The minimum Gasteiger partial charge on any atom is -0.337 e. The molecule has 1 aliphatic rings. The molecule has 0 radical (unpaired) electrons. The molecule has 1 aromatic heterocycles. The van der Waals surface area contributed by atoms with Crippen LogP contribution in [-0.2, 0) is 0 Å². The third-order valence-electron chi connectivity index (χ3n) is 2.84. The Labute approximate surface area is 94.7 Å². The minimum absolute atomic E-state index is 0.0396. The van der Waals surface area contributed by atoms with Gasteiger partial charge in [0.1, 0.15) is 5.69 Å². The van der Waals surface area contributed by atoms with Crippen LogP contribution in [-0.4, -0.2) is 39.9 Å². The van der Waals surface area contributed by atoms with E-state index in [0.29, 0.717) is 5.69 Å². The van der Waals surface area contributed by atoms with Gasteiger partial charge in [-0.2, -0.15) is 0 Å². The molecule has 2 heterocycles. The molecule has 5 heteroatoms. The van der Waals surface area contributed by atoms with Gasteiger partial charge in [-0.15, -0.1) is 0 Å². The molecular formula is C11H16N4O. The fraction of sp³-hybridized carbons (Fsp3) is 0.545. The second-order valence-electron chi connectivity index (χ2n) is 4.07. The minimum atomic E-state index is -0.0396. The van der Waals surface area contributed by atoms with Gasteiger partial charge in [0.15, 0.2) is 0 Å². The van der Waals surface area contributed by atoms with Crippen LogP contribution in [0.4, 0.5) is 0 Å². The summed E-state index contributed by atoms with van der Waals surface area (Å²) in [7, 11) is 0. The fourth-order valence-corrected chi connectivity index (χ4v) is 1.90. The van der Waals surface area contributed by atoms with Gasteiger partial charge >= 0.3 is 0 Å². The molecule has 1 unspecified atom stereocenters. The monoisotopic (exact) mass is 220 g/mol. The standard InChI is InChI=1S/C11H16N4O/c12-9-2-1-6-15(7-3-9)11(16)10-8-13-4-5-14-10/h4-5,8-9H,1-3,6-7,12H2. The van der Waals surface area contributed by atoms with E-state index in [0.717, 1.165) is 32.4 Å². The zero-order chi connectivity index (χ0) is 11.4. The average molecular weight is 220 g/mol. The van der Waals surface area contributed by atoms with Gasteiger partial charge < -0.3 is 10.6 Å². The van der Waals surface area contributed by atoms with Gasteiger partial charge in [0.05, 0.1) is 6.20 Å². The van der Waals surface area contributed by atoms with E-state index < -0.39 is 0 Å². The van der Waals surface area contributed by atoms with E-state index in [1.807, 2.05) is 4.90 Å². The van der Waals surface area contributed by atoms with Crippen LogP contribution in [0.15, 0.2) is 18.6 Å². The lowest BCUT2D eigenvalue weighted by Gasteiger charge is -2.19. The van der Waals surface area contributed by atoms with Crippen LogP contribution in [0.1, 0.15) is 29.8 Å². The number of rotatable bonds is 1. The van der Waals surface area contributed by atoms with Crippen molar-refractivity contribution >= 4 is 5.91 Å². The Hall–Kier alpha value is -1.49. The first kappa shape index (κ1) is 11.0. The first-order valence-corrected chi connectivity index (χ1v) is 5.58. The lowest BCUT2D eigenvalue weighted by atomic mass is 10.1. The van der Waals surface area contributed by atoms with Gasteiger partial charge in [0.25, 0.3) is 5.91 Å². The molecule has 5 nitrogen and oxygen atoms in total. The number of aromatic nitrogens is 2. The van der Waals surface area contributed by atoms with Crippen molar-refractivity contribution in [2.75, 3.05) is 13.1 Å². The molecule has 2 N–H and O–H groups in total. The van der Waals surface area contributed by atoms with Crippen molar-refractivity contribution in [1.82, 2.24) is 14.9 Å². The number of hydrogen-bond donors (Lipinski definition) is 1. The number of carbonyl (C=O) groups is 1. The number of hydrogen-bond acceptors (Lipinski definition) is 4. The van der Waals surface area contributed by atoms with Crippen molar-refractivity contribution in [3.8, 4) is 0 Å². The van der Waals surface area contributed by atoms with Crippen LogP contribution in [0.3, 0.4) is 0 Å². The molecule has 0 bridgehead atoms. The predicted molar refractivity (Wildman–Crippen MR) is 59.8 cm³/mol. The highest BCUT2D eigenvalue weighted by Gasteiger charge is 2.20. The highest BCUT2D eigenvalue weighted by Crippen LogP contribution is 2.11. The smallest absolute Gasteiger partial charge is 0.274 e. The Morgan fingerprint density at radius 3 is 3.00 bits per heavy atom. The normalized spacial score (nSPS) is 21.6. The molecular weight excluding hydrogens is 204 g/mol. The summed E-state index contributed by atoms with van der Waals surface area (Å²) in [6, 6.07) is 0.222. The molecule has 1 saturated heterocycles. The highest BCUT2D eigenvalue weighted by atomic mass is 16.2. The number of nitrogens with two attached hydrogens (primary N) is 1. The van der Waals surface area contributed by atoms with Crippen molar-refractivity contribution in [2.45, 2.75) is 25.3 Å². The maximum absolute atomic E-state index is 12.0. The first-order valence-electron chi connectivity index (χ1n) is 5.58. The lowest BCUT2D eigenvalue weighted by Crippen LogP contribution is -2.33. The molecule has 1 aliphatic heterocycles. The Balaban J connectivity index is 2.04. The van der Waals surface area contributed by atoms with E-state index in [2.05, 4.69) is 9.97 Å². The highest BCUT2D eigenvalue weighted by molar-refractivity contribution is 5.91. The van der Waals surface area contributed by atoms with E-state index in [-0.39, 0.29) is 11.9 Å². The molecule has 16 heavy (non-hydrogen) atoms. The molecule has 1 atom stereocenters. The second-order valence-corrected chi connectivity index (χ2v) is 4.07. The summed E-state index contributed by atoms with van der Waals surface area (Å²) in [6.45, 7) is 1.49. The Morgan fingerprint density at radius 1 is 1.38 bits per heavy atom. The fourth-order valence-electron chi connectivity index (χ4n) is 1.90. The summed E-state index contributed by atoms with van der Waals surface area (Å²) in [6.07, 6.45) is 7.43. The van der Waals surface area contributed by atoms with Crippen molar-refractivity contribution < 1.29 is 4.79 Å². The van der Waals surface area contributed by atoms with Crippen molar-refractivity contribution in [1.29, 1.82) is 0 Å². The number of amides is 1. The molecule has 1 aromatic rings. The van der Waals surface area contributed by atoms with Crippen LogP contribution < -0.4 is 5.73 Å². The predicted octanol–water partition coefficient (Wildman–Crippen LogP) is 0.430. The summed E-state index contributed by atoms with van der Waals surface area (Å²) in [5.74, 6) is -0.0396. The van der Waals surface area contributed by atoms with Gasteiger partial charge in [-0.1, -0.05) is 0 Å². The second kappa shape index (κ2) is 5.03. The number of nitrogens with zero attached hydrogens (tertiary/aromatic N) is 3. The zero-order valence-electron chi connectivity index (χ0n) is 9.17. The van der Waals surface area contributed by atoms with Crippen LogP contribution in [0.5, 0.6) is 0 Å². The van der Waals surface area contributed by atoms with E-state index in [1.165, 1.54) is 12.4 Å². The van der Waals surface area contributed by atoms with E-state index in [4.69, 9.17) is 5.73 Å². The molecule has 0 aromatic carbocycles. The largest absolute Gasteiger partial charge is 0.337 e. The van der Waals surface area contributed by atoms with Crippen molar-refractivity contribution in [3.63, 3.8) is 0 Å². The summed E-state index contributed by atoms with van der Waals surface area (Å²) in [5, 5.41) is 0. The van der Waals surface area contributed by atoms with E-state index >= 15 is 0 Å². The third-order valence-corrected chi connectivity index (χ3v) is 2.84.